The molecule has 1 heterocycles. The van der Waals surface area contributed by atoms with Crippen molar-refractivity contribution in [3.8, 4) is 0 Å². The number of rotatable bonds is 50. The molecule has 1 aromatic heterocycles. The van der Waals surface area contributed by atoms with Crippen LogP contribution >= 0.6 is 0 Å². The molecule has 0 saturated carbocycles. The summed E-state index contributed by atoms with van der Waals surface area (Å²) in [5, 5.41) is 10.1. The van der Waals surface area contributed by atoms with Crippen LogP contribution < -0.4 is 16.0 Å². The lowest BCUT2D eigenvalue weighted by Gasteiger charge is -2.12. The Morgan fingerprint density at radius 2 is 0.492 bits per heavy atom. The molecule has 0 saturated heterocycles. The van der Waals surface area contributed by atoms with Gasteiger partial charge in [-0.15, -0.1) is 0 Å². The van der Waals surface area contributed by atoms with E-state index >= 15 is 0 Å². The number of hydrogen-bond acceptors (Lipinski definition) is 10. The maximum Gasteiger partial charge on any atom is 0.229 e. The third-order valence-corrected chi connectivity index (χ3v) is 11.0. The minimum Gasteiger partial charge on any atom is -0.381 e. The molecule has 0 bridgehead atoms. The first-order chi connectivity index (χ1) is 29.3. The molecule has 0 aliphatic rings. The first kappa shape index (κ1) is 55.3. The number of unbranched alkanes of at least 4 members (excludes halogenated alkanes) is 27. The highest BCUT2D eigenvalue weighted by Crippen LogP contribution is 2.14. The average molecular weight is 835 g/mol. The van der Waals surface area contributed by atoms with E-state index < -0.39 is 0 Å². The van der Waals surface area contributed by atoms with Crippen molar-refractivity contribution in [2.24, 2.45) is 0 Å². The third kappa shape index (κ3) is 41.4. The van der Waals surface area contributed by atoms with Crippen molar-refractivity contribution in [3.63, 3.8) is 0 Å². The van der Waals surface area contributed by atoms with Crippen LogP contribution in [-0.2, 0) is 18.9 Å². The lowest BCUT2D eigenvalue weighted by atomic mass is 10.1. The summed E-state index contributed by atoms with van der Waals surface area (Å²) in [6.45, 7) is 14.7. The fraction of sp³-hybridized carbons (Fsp3) is 0.939. The molecule has 0 radical (unpaired) electrons. The van der Waals surface area contributed by atoms with Gasteiger partial charge in [0, 0.05) is 52.7 Å². The van der Waals surface area contributed by atoms with Gasteiger partial charge in [-0.25, -0.2) is 0 Å². The van der Waals surface area contributed by atoms with Gasteiger partial charge in [-0.1, -0.05) is 194 Å². The van der Waals surface area contributed by atoms with Crippen LogP contribution in [0.1, 0.15) is 226 Å². The minimum atomic E-state index is 0.542. The summed E-state index contributed by atoms with van der Waals surface area (Å²) >= 11 is 0. The van der Waals surface area contributed by atoms with Crippen molar-refractivity contribution in [1.82, 2.24) is 15.0 Å². The summed E-state index contributed by atoms with van der Waals surface area (Å²) in [7, 11) is 0. The Bertz CT molecular complexity index is 909. The number of ether oxygens (including phenoxy) is 4. The smallest absolute Gasteiger partial charge is 0.229 e. The largest absolute Gasteiger partial charge is 0.381 e. The van der Waals surface area contributed by atoms with Gasteiger partial charge in [0.2, 0.25) is 17.8 Å². The van der Waals surface area contributed by atoms with Crippen molar-refractivity contribution >= 4 is 17.8 Å². The van der Waals surface area contributed by atoms with Gasteiger partial charge in [0.1, 0.15) is 0 Å². The fourth-order valence-electron chi connectivity index (χ4n) is 7.20. The van der Waals surface area contributed by atoms with Crippen molar-refractivity contribution in [2.45, 2.75) is 226 Å². The van der Waals surface area contributed by atoms with Gasteiger partial charge in [0.05, 0.1) is 19.8 Å². The first-order valence-electron chi connectivity index (χ1n) is 25.6. The Morgan fingerprint density at radius 3 is 0.814 bits per heavy atom. The first-order valence-corrected chi connectivity index (χ1v) is 25.6. The molecule has 0 aliphatic carbocycles. The number of nitrogens with zero attached hydrogens (tertiary/aromatic N) is 3. The molecule has 1 rings (SSSR count). The van der Waals surface area contributed by atoms with Crippen LogP contribution in [0.4, 0.5) is 17.8 Å². The van der Waals surface area contributed by atoms with Gasteiger partial charge >= 0.3 is 0 Å². The van der Waals surface area contributed by atoms with Crippen LogP contribution in [-0.4, -0.2) is 87.4 Å². The van der Waals surface area contributed by atoms with Gasteiger partial charge in [-0.2, -0.15) is 15.0 Å². The molecule has 0 spiro atoms. The van der Waals surface area contributed by atoms with E-state index in [1.54, 1.807) is 0 Å². The predicted molar refractivity (Wildman–Crippen MR) is 253 cm³/mol. The number of anilines is 3. The molecule has 3 N–H and O–H groups in total. The lowest BCUT2D eigenvalue weighted by molar-refractivity contribution is 0.0500. The molecule has 0 amide bonds. The summed E-state index contributed by atoms with van der Waals surface area (Å²) in [6.07, 6.45) is 42.1. The van der Waals surface area contributed by atoms with Gasteiger partial charge in [0.15, 0.2) is 0 Å². The molecule has 1 aromatic rings. The normalized spacial score (nSPS) is 11.4. The molecule has 10 nitrogen and oxygen atoms in total. The van der Waals surface area contributed by atoms with Crippen LogP contribution in [0.3, 0.4) is 0 Å². The molecule has 10 heteroatoms. The molecular formula is C49H98N6O4. The number of aromatic nitrogens is 3. The van der Waals surface area contributed by atoms with Crippen LogP contribution in [0.25, 0.3) is 0 Å². The highest BCUT2D eigenvalue weighted by molar-refractivity contribution is 5.42. The van der Waals surface area contributed by atoms with Crippen molar-refractivity contribution in [1.29, 1.82) is 0 Å². The zero-order valence-electron chi connectivity index (χ0n) is 39.4. The van der Waals surface area contributed by atoms with E-state index in [1.807, 2.05) is 0 Å². The molecular weight excluding hydrogens is 737 g/mol. The van der Waals surface area contributed by atoms with Crippen molar-refractivity contribution < 1.29 is 18.9 Å². The summed E-state index contributed by atoms with van der Waals surface area (Å²) < 4.78 is 23.5. The van der Waals surface area contributed by atoms with E-state index in [4.69, 9.17) is 18.9 Å². The van der Waals surface area contributed by atoms with Gasteiger partial charge in [-0.3, -0.25) is 0 Å². The van der Waals surface area contributed by atoms with E-state index in [9.17, 15) is 0 Å². The van der Waals surface area contributed by atoms with Crippen LogP contribution in [0.5, 0.6) is 0 Å². The Hall–Kier alpha value is -1.75. The second-order valence-corrected chi connectivity index (χ2v) is 16.8. The molecule has 0 unspecified atom stereocenters. The molecule has 0 aromatic carbocycles. The third-order valence-electron chi connectivity index (χ3n) is 11.0. The fourth-order valence-corrected chi connectivity index (χ4v) is 7.20. The van der Waals surface area contributed by atoms with Crippen molar-refractivity contribution in [2.75, 3.05) is 88.4 Å². The Morgan fingerprint density at radius 1 is 0.254 bits per heavy atom. The average Bonchev–Trinajstić information content (AvgIpc) is 3.24. The monoisotopic (exact) mass is 835 g/mol. The van der Waals surface area contributed by atoms with Crippen LogP contribution in [0.15, 0.2) is 0 Å². The molecule has 59 heavy (non-hydrogen) atoms. The molecule has 348 valence electrons. The molecule has 0 atom stereocenters. The molecule has 0 aliphatic heterocycles. The highest BCUT2D eigenvalue weighted by atomic mass is 16.5. The summed E-state index contributed by atoms with van der Waals surface area (Å²) in [5.74, 6) is 1.68. The number of nitrogens with one attached hydrogen (secondary N) is 3. The standard InChI is InChI=1S/C49H98N6O4/c1-4-7-10-13-16-19-22-25-28-31-39-56-42-34-36-50-47-53-48(51-37-35-43-57-40-32-29-26-23-20-17-14-11-8-5-2)55-49(54-47)52-38-44-59-46-45-58-41-33-30-27-24-21-18-15-12-9-6-3/h4-46H2,1-3H3,(H3,50,51,52,53,54,55). The van der Waals surface area contributed by atoms with E-state index in [0.29, 0.717) is 44.2 Å². The zero-order valence-corrected chi connectivity index (χ0v) is 39.4. The van der Waals surface area contributed by atoms with E-state index in [1.165, 1.54) is 173 Å². The van der Waals surface area contributed by atoms with E-state index in [0.717, 1.165) is 78.2 Å². The summed E-state index contributed by atoms with van der Waals surface area (Å²) in [4.78, 5) is 13.9. The topological polar surface area (TPSA) is 112 Å². The SMILES string of the molecule is CCCCCCCCCCCCOCCCNc1nc(NCCCOCCCCCCCCCCCC)nc(NCCOCCOCCCCCCCCCCCC)n1. The Balaban J connectivity index is 2.26. The highest BCUT2D eigenvalue weighted by Gasteiger charge is 2.07. The Labute approximate surface area is 365 Å². The predicted octanol–water partition coefficient (Wildman–Crippen LogP) is 13.7. The lowest BCUT2D eigenvalue weighted by Crippen LogP contribution is -2.17. The van der Waals surface area contributed by atoms with Gasteiger partial charge in [-0.05, 0) is 32.1 Å². The minimum absolute atomic E-state index is 0.542. The summed E-state index contributed by atoms with van der Waals surface area (Å²) in [5.41, 5.74) is 0. The molecule has 0 fully saturated rings. The Kier molecular flexibility index (Phi) is 44.3. The van der Waals surface area contributed by atoms with Crippen molar-refractivity contribution in [3.05, 3.63) is 0 Å². The second-order valence-electron chi connectivity index (χ2n) is 16.8. The zero-order chi connectivity index (χ0) is 42.2. The van der Waals surface area contributed by atoms with E-state index in [2.05, 4.69) is 51.7 Å². The van der Waals surface area contributed by atoms with Crippen LogP contribution in [0, 0.1) is 0 Å². The number of hydrogen-bond donors (Lipinski definition) is 3. The maximum absolute atomic E-state index is 5.92. The summed E-state index contributed by atoms with van der Waals surface area (Å²) in [6, 6.07) is 0. The van der Waals surface area contributed by atoms with E-state index in [-0.39, 0.29) is 0 Å². The second kappa shape index (κ2) is 47.3. The quantitative estimate of drug-likeness (QED) is 0.0549. The van der Waals surface area contributed by atoms with Crippen LogP contribution in [0.2, 0.25) is 0 Å². The maximum atomic E-state index is 5.92. The van der Waals surface area contributed by atoms with Gasteiger partial charge in [0.25, 0.3) is 0 Å². The van der Waals surface area contributed by atoms with Gasteiger partial charge < -0.3 is 34.9 Å².